The zero-order valence-corrected chi connectivity index (χ0v) is 12.5. The second kappa shape index (κ2) is 11.2. The Kier molecular flexibility index (Phi) is 10.6. The smallest absolute Gasteiger partial charge is 0.0312 e. The molecule has 0 spiro atoms. The topological polar surface area (TPSA) is 27.6 Å². The van der Waals surface area contributed by atoms with Gasteiger partial charge in [-0.25, -0.2) is 0 Å². The second-order valence-electron chi connectivity index (χ2n) is 4.21. The Hall–Kier alpha value is -0.930. The van der Waals surface area contributed by atoms with E-state index in [0.29, 0.717) is 0 Å². The van der Waals surface area contributed by atoms with Crippen LogP contribution in [0.15, 0.2) is 28.9 Å². The van der Waals surface area contributed by atoms with E-state index in [1.54, 1.807) is 0 Å². The highest BCUT2D eigenvalue weighted by Crippen LogP contribution is 2.02. The molecule has 104 valence electrons. The fourth-order valence-corrected chi connectivity index (χ4v) is 1.74. The molecule has 0 unspecified atom stereocenters. The molecule has 0 bridgehead atoms. The molecule has 0 aromatic rings. The van der Waals surface area contributed by atoms with Gasteiger partial charge in [-0.2, -0.15) is 0 Å². The van der Waals surface area contributed by atoms with Crippen LogP contribution in [0.1, 0.15) is 34.1 Å². The third-order valence-corrected chi connectivity index (χ3v) is 2.53. The highest BCUT2D eigenvalue weighted by atomic mass is 15.2. The number of allylic oxidation sites excluding steroid dienone is 2. The summed E-state index contributed by atoms with van der Waals surface area (Å²) < 4.78 is 0. The third kappa shape index (κ3) is 8.20. The molecule has 1 aliphatic heterocycles. The minimum atomic E-state index is 0.863. The molecule has 0 radical (unpaired) electrons. The van der Waals surface area contributed by atoms with Crippen LogP contribution in [-0.4, -0.2) is 43.8 Å². The molecule has 0 aromatic heterocycles. The largest absolute Gasteiger partial charge is 0.314 e. The summed E-state index contributed by atoms with van der Waals surface area (Å²) in [7, 11) is 0. The van der Waals surface area contributed by atoms with E-state index in [0.717, 1.165) is 44.8 Å². The van der Waals surface area contributed by atoms with Crippen LogP contribution < -0.4 is 5.32 Å². The molecule has 1 fully saturated rings. The van der Waals surface area contributed by atoms with Crippen molar-refractivity contribution in [3.05, 3.63) is 23.9 Å². The van der Waals surface area contributed by atoms with Gasteiger partial charge in [-0.3, -0.25) is 9.89 Å². The van der Waals surface area contributed by atoms with Crippen molar-refractivity contribution in [1.29, 1.82) is 0 Å². The summed E-state index contributed by atoms with van der Waals surface area (Å²) in [5.74, 6) is 0. The van der Waals surface area contributed by atoms with Crippen LogP contribution >= 0.6 is 0 Å². The van der Waals surface area contributed by atoms with Crippen molar-refractivity contribution in [3.63, 3.8) is 0 Å². The number of nitrogens with zero attached hydrogens (tertiary/aromatic N) is 2. The molecule has 0 saturated carbocycles. The normalized spacial score (nSPS) is 17.4. The van der Waals surface area contributed by atoms with Gasteiger partial charge in [0.05, 0.1) is 0 Å². The van der Waals surface area contributed by atoms with Gasteiger partial charge in [0.25, 0.3) is 0 Å². The Morgan fingerprint density at radius 2 is 1.94 bits per heavy atom. The average molecular weight is 251 g/mol. The van der Waals surface area contributed by atoms with Crippen molar-refractivity contribution in [2.45, 2.75) is 34.1 Å². The zero-order chi connectivity index (χ0) is 13.8. The fourth-order valence-electron chi connectivity index (χ4n) is 1.74. The van der Waals surface area contributed by atoms with Crippen LogP contribution in [0.5, 0.6) is 0 Å². The van der Waals surface area contributed by atoms with Gasteiger partial charge >= 0.3 is 0 Å². The quantitative estimate of drug-likeness (QED) is 0.761. The van der Waals surface area contributed by atoms with E-state index >= 15 is 0 Å². The highest BCUT2D eigenvalue weighted by Gasteiger charge is 2.09. The summed E-state index contributed by atoms with van der Waals surface area (Å²) in [6, 6.07) is 0. The number of rotatable bonds is 5. The number of piperazine rings is 1. The minimum absolute atomic E-state index is 0.863. The first-order valence-electron chi connectivity index (χ1n) is 7.04. The molecule has 0 aromatic carbocycles. The van der Waals surface area contributed by atoms with Crippen LogP contribution in [0.4, 0.5) is 0 Å². The molecule has 1 heterocycles. The van der Waals surface area contributed by atoms with Crippen LogP contribution in [0.3, 0.4) is 0 Å². The second-order valence-corrected chi connectivity index (χ2v) is 4.21. The van der Waals surface area contributed by atoms with E-state index < -0.39 is 0 Å². The van der Waals surface area contributed by atoms with E-state index in [4.69, 9.17) is 0 Å². The molecule has 3 heteroatoms. The average Bonchev–Trinajstić information content (AvgIpc) is 2.40. The van der Waals surface area contributed by atoms with Crippen molar-refractivity contribution < 1.29 is 0 Å². The number of hydrogen-bond donors (Lipinski definition) is 1. The van der Waals surface area contributed by atoms with Gasteiger partial charge in [-0.15, -0.1) is 0 Å². The molecule has 1 rings (SSSR count). The molecular formula is C15H29N3. The predicted octanol–water partition coefficient (Wildman–Crippen LogP) is 2.86. The molecular weight excluding hydrogens is 222 g/mol. The Balaban J connectivity index is 0.00000137. The van der Waals surface area contributed by atoms with Gasteiger partial charge in [0.2, 0.25) is 0 Å². The number of hydrogen-bond acceptors (Lipinski definition) is 3. The summed E-state index contributed by atoms with van der Waals surface area (Å²) in [5, 5.41) is 3.36. The monoisotopic (exact) mass is 251 g/mol. The van der Waals surface area contributed by atoms with Crippen LogP contribution in [0.2, 0.25) is 0 Å². The van der Waals surface area contributed by atoms with Crippen molar-refractivity contribution in [2.75, 3.05) is 32.7 Å². The van der Waals surface area contributed by atoms with Crippen LogP contribution in [-0.2, 0) is 0 Å². The van der Waals surface area contributed by atoms with E-state index in [9.17, 15) is 0 Å². The first-order chi connectivity index (χ1) is 8.72. The Morgan fingerprint density at radius 1 is 1.33 bits per heavy atom. The Bertz CT molecular complexity index is 273. The molecule has 18 heavy (non-hydrogen) atoms. The van der Waals surface area contributed by atoms with E-state index in [2.05, 4.69) is 34.8 Å². The van der Waals surface area contributed by atoms with Crippen molar-refractivity contribution >= 4 is 6.21 Å². The molecule has 0 aliphatic carbocycles. The van der Waals surface area contributed by atoms with Gasteiger partial charge in [0, 0.05) is 44.6 Å². The van der Waals surface area contributed by atoms with Gasteiger partial charge < -0.3 is 5.32 Å². The van der Waals surface area contributed by atoms with Gasteiger partial charge in [0.1, 0.15) is 0 Å². The lowest BCUT2D eigenvalue weighted by atomic mass is 10.2. The Labute approximate surface area is 113 Å². The zero-order valence-electron chi connectivity index (χ0n) is 12.5. The molecule has 0 atom stereocenters. The van der Waals surface area contributed by atoms with Crippen molar-refractivity contribution in [2.24, 2.45) is 4.99 Å². The van der Waals surface area contributed by atoms with Crippen molar-refractivity contribution in [1.82, 2.24) is 10.2 Å². The molecule has 0 amide bonds. The highest BCUT2D eigenvalue weighted by molar-refractivity contribution is 5.79. The number of nitrogens with one attached hydrogen (secondary N) is 1. The van der Waals surface area contributed by atoms with E-state index in [1.807, 2.05) is 27.0 Å². The standard InChI is InChI=1S/C13H23N3.C2H6/c1-4-5-13(10-15-12(2)3)11-16-8-6-14-7-9-16;1-2/h5,10,14H,2,4,6-9,11H2,1,3H3;1-2H3/b13-5+,15-10?;. The van der Waals surface area contributed by atoms with Crippen molar-refractivity contribution in [3.8, 4) is 0 Å². The molecule has 1 N–H and O–H groups in total. The summed E-state index contributed by atoms with van der Waals surface area (Å²) >= 11 is 0. The summed E-state index contributed by atoms with van der Waals surface area (Å²) in [4.78, 5) is 6.74. The summed E-state index contributed by atoms with van der Waals surface area (Å²) in [5.41, 5.74) is 2.16. The SMILES string of the molecule is C=C(C)N=C/C(=C\CC)CN1CCNCC1.CC. The van der Waals surface area contributed by atoms with Gasteiger partial charge in [0.15, 0.2) is 0 Å². The first kappa shape index (κ1) is 17.1. The maximum Gasteiger partial charge on any atom is 0.0312 e. The van der Waals surface area contributed by atoms with Crippen LogP contribution in [0, 0.1) is 0 Å². The number of aliphatic imine (C=N–C) groups is 1. The van der Waals surface area contributed by atoms with Gasteiger partial charge in [-0.05, 0) is 18.9 Å². The summed E-state index contributed by atoms with van der Waals surface area (Å²) in [6.07, 6.45) is 5.26. The van der Waals surface area contributed by atoms with E-state index in [-0.39, 0.29) is 0 Å². The maximum atomic E-state index is 4.28. The minimum Gasteiger partial charge on any atom is -0.314 e. The van der Waals surface area contributed by atoms with Crippen LogP contribution in [0.25, 0.3) is 0 Å². The lowest BCUT2D eigenvalue weighted by Crippen LogP contribution is -2.44. The maximum absolute atomic E-state index is 4.28. The molecule has 1 aliphatic rings. The third-order valence-electron chi connectivity index (χ3n) is 2.53. The predicted molar refractivity (Wildman–Crippen MR) is 82.3 cm³/mol. The molecule has 3 nitrogen and oxygen atoms in total. The molecule has 1 saturated heterocycles. The lowest BCUT2D eigenvalue weighted by Gasteiger charge is -2.27. The van der Waals surface area contributed by atoms with E-state index in [1.165, 1.54) is 5.57 Å². The lowest BCUT2D eigenvalue weighted by molar-refractivity contribution is 0.262. The Morgan fingerprint density at radius 3 is 2.44 bits per heavy atom. The van der Waals surface area contributed by atoms with Gasteiger partial charge in [-0.1, -0.05) is 33.4 Å². The fraction of sp³-hybridized carbons (Fsp3) is 0.667. The first-order valence-corrected chi connectivity index (χ1v) is 7.04. The summed E-state index contributed by atoms with van der Waals surface area (Å²) in [6.45, 7) is 17.3.